The number of rotatable bonds is 8. The highest BCUT2D eigenvalue weighted by Crippen LogP contribution is 2.24. The average molecular weight is 341 g/mol. The van der Waals surface area contributed by atoms with Gasteiger partial charge in [0, 0.05) is 26.2 Å². The molecule has 2 N–H and O–H groups in total. The second kappa shape index (κ2) is 10.6. The van der Waals surface area contributed by atoms with Gasteiger partial charge in [-0.25, -0.2) is 0 Å². The Bertz CT molecular complexity index is 446. The molecule has 1 fully saturated rings. The molecule has 0 aromatic heterocycles. The molecule has 5 heteroatoms. The summed E-state index contributed by atoms with van der Waals surface area (Å²) < 4.78 is 5.27. The molecule has 0 aliphatic heterocycles. The number of halogens is 1. The van der Waals surface area contributed by atoms with Crippen molar-refractivity contribution in [2.75, 3.05) is 20.2 Å². The molecule has 2 rings (SSSR count). The molecule has 1 aromatic rings. The summed E-state index contributed by atoms with van der Waals surface area (Å²) >= 11 is 0. The van der Waals surface area contributed by atoms with Gasteiger partial charge in [0.1, 0.15) is 0 Å². The summed E-state index contributed by atoms with van der Waals surface area (Å²) in [5.41, 5.74) is 6.93. The van der Waals surface area contributed by atoms with Crippen LogP contribution in [0.25, 0.3) is 0 Å². The molecule has 0 heterocycles. The van der Waals surface area contributed by atoms with Crippen LogP contribution in [-0.2, 0) is 16.0 Å². The monoisotopic (exact) mass is 340 g/mol. The van der Waals surface area contributed by atoms with Crippen LogP contribution in [0.1, 0.15) is 37.7 Å². The fourth-order valence-corrected chi connectivity index (χ4v) is 3.20. The van der Waals surface area contributed by atoms with Gasteiger partial charge in [0.25, 0.3) is 0 Å². The van der Waals surface area contributed by atoms with E-state index in [1.165, 1.54) is 18.4 Å². The van der Waals surface area contributed by atoms with Gasteiger partial charge in [0.05, 0.1) is 12.5 Å². The fourth-order valence-electron chi connectivity index (χ4n) is 3.20. The predicted molar refractivity (Wildman–Crippen MR) is 95.8 cm³/mol. The number of benzene rings is 1. The van der Waals surface area contributed by atoms with Crippen LogP contribution < -0.4 is 5.73 Å². The summed E-state index contributed by atoms with van der Waals surface area (Å²) in [6.45, 7) is 1.17. The van der Waals surface area contributed by atoms with E-state index < -0.39 is 0 Å². The van der Waals surface area contributed by atoms with Gasteiger partial charge in [-0.2, -0.15) is 0 Å². The molecular formula is C18H29ClN2O2. The molecule has 1 atom stereocenters. The van der Waals surface area contributed by atoms with E-state index in [0.717, 1.165) is 25.8 Å². The third-order valence-corrected chi connectivity index (χ3v) is 4.57. The number of hydrogen-bond acceptors (Lipinski definition) is 3. The van der Waals surface area contributed by atoms with Crippen molar-refractivity contribution in [2.24, 2.45) is 5.73 Å². The highest BCUT2D eigenvalue weighted by molar-refractivity contribution is 5.85. The maximum absolute atomic E-state index is 12.7. The second-order valence-corrected chi connectivity index (χ2v) is 6.06. The van der Waals surface area contributed by atoms with Gasteiger partial charge in [-0.1, -0.05) is 43.2 Å². The number of ether oxygens (including phenoxy) is 1. The molecule has 4 nitrogen and oxygen atoms in total. The summed E-state index contributed by atoms with van der Waals surface area (Å²) in [6.07, 6.45) is 5.82. The predicted octanol–water partition coefficient (Wildman–Crippen LogP) is 2.79. The Labute approximate surface area is 145 Å². The lowest BCUT2D eigenvalue weighted by molar-refractivity contribution is -0.135. The minimum Gasteiger partial charge on any atom is -0.380 e. The Morgan fingerprint density at radius 1 is 1.30 bits per heavy atom. The van der Waals surface area contributed by atoms with Crippen molar-refractivity contribution in [1.82, 2.24) is 4.90 Å². The van der Waals surface area contributed by atoms with Gasteiger partial charge < -0.3 is 15.4 Å². The Balaban J connectivity index is 0.00000264. The summed E-state index contributed by atoms with van der Waals surface area (Å²) in [6, 6.07) is 10.8. The first-order chi connectivity index (χ1) is 10.7. The maximum atomic E-state index is 12.7. The van der Waals surface area contributed by atoms with E-state index in [1.54, 1.807) is 7.11 Å². The first-order valence-corrected chi connectivity index (χ1v) is 8.31. The molecule has 1 unspecified atom stereocenters. The van der Waals surface area contributed by atoms with E-state index in [0.29, 0.717) is 19.0 Å². The molecule has 0 radical (unpaired) electrons. The molecule has 1 amide bonds. The molecule has 0 bridgehead atoms. The van der Waals surface area contributed by atoms with Gasteiger partial charge in [-0.05, 0) is 24.8 Å². The van der Waals surface area contributed by atoms with Crippen molar-refractivity contribution < 1.29 is 9.53 Å². The zero-order chi connectivity index (χ0) is 15.8. The van der Waals surface area contributed by atoms with E-state index in [1.807, 2.05) is 18.2 Å². The van der Waals surface area contributed by atoms with Gasteiger partial charge in [-0.3, -0.25) is 4.79 Å². The average Bonchev–Trinajstić information content (AvgIpc) is 3.08. The van der Waals surface area contributed by atoms with E-state index in [4.69, 9.17) is 10.5 Å². The second-order valence-electron chi connectivity index (χ2n) is 6.06. The quantitative estimate of drug-likeness (QED) is 0.791. The number of nitrogens with two attached hydrogens (primary N) is 1. The number of carbonyl (C=O) groups excluding carboxylic acids is 1. The Hall–Kier alpha value is -1.10. The van der Waals surface area contributed by atoms with Gasteiger partial charge >= 0.3 is 0 Å². The van der Waals surface area contributed by atoms with E-state index >= 15 is 0 Å². The molecule has 1 aliphatic rings. The van der Waals surface area contributed by atoms with E-state index in [9.17, 15) is 4.79 Å². The van der Waals surface area contributed by atoms with Crippen LogP contribution in [0.3, 0.4) is 0 Å². The Kier molecular flexibility index (Phi) is 9.22. The van der Waals surface area contributed by atoms with Crippen LogP contribution >= 0.6 is 12.4 Å². The maximum Gasteiger partial charge on any atom is 0.225 e. The molecule has 130 valence electrons. The standard InChI is InChI=1S/C18H28N2O2.ClH/c1-22-17(14-19)13-18(21)20(16-9-5-6-10-16)12-11-15-7-3-2-4-8-15;/h2-4,7-8,16-17H,5-6,9-14,19H2,1H3;1H. The van der Waals surface area contributed by atoms with Crippen LogP contribution in [0.15, 0.2) is 30.3 Å². The van der Waals surface area contributed by atoms with Gasteiger partial charge in [0.2, 0.25) is 5.91 Å². The number of carbonyl (C=O) groups is 1. The molecule has 1 aromatic carbocycles. The molecule has 0 spiro atoms. The number of methoxy groups -OCH3 is 1. The van der Waals surface area contributed by atoms with Crippen molar-refractivity contribution in [3.05, 3.63) is 35.9 Å². The zero-order valence-corrected chi connectivity index (χ0v) is 14.8. The van der Waals surface area contributed by atoms with E-state index in [-0.39, 0.29) is 24.4 Å². The van der Waals surface area contributed by atoms with Gasteiger partial charge in [-0.15, -0.1) is 12.4 Å². The van der Waals surface area contributed by atoms with Crippen LogP contribution in [-0.4, -0.2) is 43.2 Å². The highest BCUT2D eigenvalue weighted by Gasteiger charge is 2.27. The smallest absolute Gasteiger partial charge is 0.225 e. The lowest BCUT2D eigenvalue weighted by Crippen LogP contribution is -2.42. The van der Waals surface area contributed by atoms with Crippen LogP contribution in [0.5, 0.6) is 0 Å². The first kappa shape index (κ1) is 19.9. The molecule has 23 heavy (non-hydrogen) atoms. The topological polar surface area (TPSA) is 55.6 Å². The summed E-state index contributed by atoms with van der Waals surface area (Å²) in [7, 11) is 1.62. The molecule has 1 saturated carbocycles. The minimum atomic E-state index is -0.173. The fraction of sp³-hybridized carbons (Fsp3) is 0.611. The normalized spacial score (nSPS) is 15.9. The summed E-state index contributed by atoms with van der Waals surface area (Å²) in [5, 5.41) is 0. The summed E-state index contributed by atoms with van der Waals surface area (Å²) in [4.78, 5) is 14.7. The lowest BCUT2D eigenvalue weighted by atomic mass is 10.1. The van der Waals surface area contributed by atoms with Gasteiger partial charge in [0.15, 0.2) is 0 Å². The number of hydrogen-bond donors (Lipinski definition) is 1. The number of nitrogens with zero attached hydrogens (tertiary/aromatic N) is 1. The van der Waals surface area contributed by atoms with Crippen molar-refractivity contribution in [3.8, 4) is 0 Å². The third kappa shape index (κ3) is 6.13. The summed E-state index contributed by atoms with van der Waals surface area (Å²) in [5.74, 6) is 0.181. The Morgan fingerprint density at radius 3 is 2.52 bits per heavy atom. The minimum absolute atomic E-state index is 0. The number of amides is 1. The molecule has 1 aliphatic carbocycles. The Morgan fingerprint density at radius 2 is 1.96 bits per heavy atom. The van der Waals surface area contributed by atoms with Crippen LogP contribution in [0.2, 0.25) is 0 Å². The van der Waals surface area contributed by atoms with Crippen molar-refractivity contribution in [3.63, 3.8) is 0 Å². The third-order valence-electron chi connectivity index (χ3n) is 4.57. The van der Waals surface area contributed by atoms with E-state index in [2.05, 4.69) is 17.0 Å². The van der Waals surface area contributed by atoms with Crippen molar-refractivity contribution >= 4 is 18.3 Å². The van der Waals surface area contributed by atoms with Crippen molar-refractivity contribution in [2.45, 2.75) is 50.7 Å². The van der Waals surface area contributed by atoms with Crippen LogP contribution in [0, 0.1) is 0 Å². The molecule has 0 saturated heterocycles. The zero-order valence-electron chi connectivity index (χ0n) is 13.9. The van der Waals surface area contributed by atoms with Crippen LogP contribution in [0.4, 0.5) is 0 Å². The highest BCUT2D eigenvalue weighted by atomic mass is 35.5. The largest absolute Gasteiger partial charge is 0.380 e. The SMILES string of the molecule is COC(CN)CC(=O)N(CCc1ccccc1)C1CCCC1.Cl. The first-order valence-electron chi connectivity index (χ1n) is 8.31. The molecular weight excluding hydrogens is 312 g/mol. The van der Waals surface area contributed by atoms with Crippen molar-refractivity contribution in [1.29, 1.82) is 0 Å². The lowest BCUT2D eigenvalue weighted by Gasteiger charge is -2.30.